The summed E-state index contributed by atoms with van der Waals surface area (Å²) in [5.74, 6) is -0.851. The predicted molar refractivity (Wildman–Crippen MR) is 233 cm³/mol. The van der Waals surface area contributed by atoms with Gasteiger partial charge in [-0.15, -0.1) is 0 Å². The minimum Gasteiger partial charge on any atom is -0.462 e. The van der Waals surface area contributed by atoms with Crippen LogP contribution < -0.4 is 0 Å². The molecule has 0 aliphatic heterocycles. The molecule has 0 rings (SSSR count). The van der Waals surface area contributed by atoms with Gasteiger partial charge in [-0.1, -0.05) is 239 Å². The highest BCUT2D eigenvalue weighted by atomic mass is 16.6. The number of hydrogen-bond donors (Lipinski definition) is 0. The second kappa shape index (κ2) is 45.1. The molecule has 0 radical (unpaired) electrons. The monoisotopic (exact) mass is 779 g/mol. The van der Waals surface area contributed by atoms with Crippen molar-refractivity contribution in [2.45, 2.75) is 284 Å². The molecule has 1 atom stereocenters. The SMILES string of the molecule is CCCCCCCCCCCCCCCCCCCCC(=O)OC[C@@H](COC(=O)CCCCCCCCCCC)OC(=O)CCCCCCCCCCCC. The number of carbonyl (C=O) groups excluding carboxylic acids is 3. The molecule has 326 valence electrons. The molecule has 0 aliphatic rings. The molecule has 0 aromatic heterocycles. The zero-order chi connectivity index (χ0) is 40.1. The molecule has 0 fully saturated rings. The van der Waals surface area contributed by atoms with E-state index in [9.17, 15) is 14.4 Å². The van der Waals surface area contributed by atoms with Crippen molar-refractivity contribution in [2.75, 3.05) is 13.2 Å². The van der Waals surface area contributed by atoms with Gasteiger partial charge in [0.05, 0.1) is 0 Å². The minimum atomic E-state index is -0.757. The van der Waals surface area contributed by atoms with Crippen molar-refractivity contribution >= 4 is 17.9 Å². The van der Waals surface area contributed by atoms with E-state index in [4.69, 9.17) is 14.2 Å². The normalized spacial score (nSPS) is 11.8. The fourth-order valence-corrected chi connectivity index (χ4v) is 7.38. The number of ether oxygens (including phenoxy) is 3. The molecule has 6 nitrogen and oxygen atoms in total. The zero-order valence-electron chi connectivity index (χ0n) is 37.2. The first-order valence-electron chi connectivity index (χ1n) is 24.5. The van der Waals surface area contributed by atoms with E-state index < -0.39 is 6.10 Å². The molecule has 55 heavy (non-hydrogen) atoms. The lowest BCUT2D eigenvalue weighted by molar-refractivity contribution is -0.167. The fourth-order valence-electron chi connectivity index (χ4n) is 7.38. The molecular formula is C49H94O6. The van der Waals surface area contributed by atoms with Gasteiger partial charge in [-0.25, -0.2) is 0 Å². The van der Waals surface area contributed by atoms with Crippen LogP contribution in [0.1, 0.15) is 278 Å². The summed E-state index contributed by atoms with van der Waals surface area (Å²) in [6, 6.07) is 0. The van der Waals surface area contributed by atoms with Crippen LogP contribution in [-0.2, 0) is 28.6 Å². The molecule has 0 aromatic carbocycles. The van der Waals surface area contributed by atoms with Gasteiger partial charge in [0.1, 0.15) is 13.2 Å². The average molecular weight is 779 g/mol. The van der Waals surface area contributed by atoms with Crippen molar-refractivity contribution in [2.24, 2.45) is 0 Å². The van der Waals surface area contributed by atoms with Gasteiger partial charge in [0, 0.05) is 19.3 Å². The summed E-state index contributed by atoms with van der Waals surface area (Å²) in [5.41, 5.74) is 0. The number of carbonyl (C=O) groups is 3. The Labute approximate surface area is 342 Å². The number of hydrogen-bond acceptors (Lipinski definition) is 6. The van der Waals surface area contributed by atoms with Crippen LogP contribution in [0.25, 0.3) is 0 Å². The molecule has 0 aromatic rings. The van der Waals surface area contributed by atoms with Crippen LogP contribution in [-0.4, -0.2) is 37.2 Å². The largest absolute Gasteiger partial charge is 0.462 e. The van der Waals surface area contributed by atoms with Crippen molar-refractivity contribution in [3.05, 3.63) is 0 Å². The molecule has 0 spiro atoms. The summed E-state index contributed by atoms with van der Waals surface area (Å²) in [7, 11) is 0. The Balaban J connectivity index is 4.20. The molecule has 0 saturated carbocycles. The first kappa shape index (κ1) is 53.4. The molecule has 6 heteroatoms. The topological polar surface area (TPSA) is 78.9 Å². The predicted octanol–water partition coefficient (Wildman–Crippen LogP) is 15.6. The van der Waals surface area contributed by atoms with Crippen LogP contribution >= 0.6 is 0 Å². The Hall–Kier alpha value is -1.59. The Kier molecular flexibility index (Phi) is 43.8. The highest BCUT2D eigenvalue weighted by Crippen LogP contribution is 2.16. The van der Waals surface area contributed by atoms with E-state index in [1.54, 1.807) is 0 Å². The Bertz CT molecular complexity index is 813. The van der Waals surface area contributed by atoms with E-state index in [1.807, 2.05) is 0 Å². The third-order valence-electron chi connectivity index (χ3n) is 11.1. The van der Waals surface area contributed by atoms with Crippen LogP contribution in [0.4, 0.5) is 0 Å². The molecule has 0 amide bonds. The van der Waals surface area contributed by atoms with Crippen molar-refractivity contribution in [3.63, 3.8) is 0 Å². The van der Waals surface area contributed by atoms with E-state index in [0.29, 0.717) is 19.3 Å². The molecule has 0 bridgehead atoms. The highest BCUT2D eigenvalue weighted by Gasteiger charge is 2.19. The maximum absolute atomic E-state index is 12.7. The lowest BCUT2D eigenvalue weighted by Crippen LogP contribution is -2.30. The van der Waals surface area contributed by atoms with Gasteiger partial charge >= 0.3 is 17.9 Å². The minimum absolute atomic E-state index is 0.0625. The van der Waals surface area contributed by atoms with Gasteiger partial charge in [-0.05, 0) is 19.3 Å². The summed E-state index contributed by atoms with van der Waals surface area (Å²) < 4.78 is 16.7. The number of unbranched alkanes of at least 4 members (excludes halogenated alkanes) is 34. The standard InChI is InChI=1S/C49H94O6/c1-4-7-10-13-16-19-21-22-23-24-25-26-27-28-31-33-36-39-42-48(51)54-45-46(44-53-47(50)41-38-35-32-29-18-15-12-9-6-3)55-49(52)43-40-37-34-30-20-17-14-11-8-5-2/h46H,4-45H2,1-3H3/t46-/m1/s1. The van der Waals surface area contributed by atoms with E-state index in [1.165, 1.54) is 180 Å². The maximum Gasteiger partial charge on any atom is 0.306 e. The van der Waals surface area contributed by atoms with Crippen LogP contribution in [0.5, 0.6) is 0 Å². The summed E-state index contributed by atoms with van der Waals surface area (Å²) in [5, 5.41) is 0. The van der Waals surface area contributed by atoms with Crippen molar-refractivity contribution in [1.29, 1.82) is 0 Å². The third kappa shape index (κ3) is 43.4. The van der Waals surface area contributed by atoms with Crippen molar-refractivity contribution < 1.29 is 28.6 Å². The molecule has 0 saturated heterocycles. The van der Waals surface area contributed by atoms with Gasteiger partial charge in [-0.3, -0.25) is 14.4 Å². The van der Waals surface area contributed by atoms with Gasteiger partial charge in [-0.2, -0.15) is 0 Å². The Morgan fingerprint density at radius 1 is 0.291 bits per heavy atom. The van der Waals surface area contributed by atoms with Crippen LogP contribution in [0.3, 0.4) is 0 Å². The molecule has 0 aliphatic carbocycles. The third-order valence-corrected chi connectivity index (χ3v) is 11.1. The fraction of sp³-hybridized carbons (Fsp3) is 0.939. The summed E-state index contributed by atoms with van der Waals surface area (Å²) in [4.78, 5) is 37.7. The summed E-state index contributed by atoms with van der Waals surface area (Å²) >= 11 is 0. The van der Waals surface area contributed by atoms with Crippen LogP contribution in [0, 0.1) is 0 Å². The quantitative estimate of drug-likeness (QED) is 0.0348. The van der Waals surface area contributed by atoms with E-state index in [2.05, 4.69) is 20.8 Å². The maximum atomic E-state index is 12.7. The second-order valence-electron chi connectivity index (χ2n) is 16.7. The lowest BCUT2D eigenvalue weighted by atomic mass is 10.0. The zero-order valence-corrected chi connectivity index (χ0v) is 37.2. The van der Waals surface area contributed by atoms with Crippen LogP contribution in [0.15, 0.2) is 0 Å². The van der Waals surface area contributed by atoms with Crippen molar-refractivity contribution in [1.82, 2.24) is 0 Å². The highest BCUT2D eigenvalue weighted by molar-refractivity contribution is 5.71. The molecular weight excluding hydrogens is 685 g/mol. The van der Waals surface area contributed by atoms with Gasteiger partial charge < -0.3 is 14.2 Å². The second-order valence-corrected chi connectivity index (χ2v) is 16.7. The summed E-state index contributed by atoms with van der Waals surface area (Å²) in [6.45, 7) is 6.64. The average Bonchev–Trinajstić information content (AvgIpc) is 3.18. The Morgan fingerprint density at radius 2 is 0.491 bits per heavy atom. The first-order valence-corrected chi connectivity index (χ1v) is 24.5. The van der Waals surface area contributed by atoms with Gasteiger partial charge in [0.15, 0.2) is 6.10 Å². The smallest absolute Gasteiger partial charge is 0.306 e. The first-order chi connectivity index (χ1) is 27.0. The van der Waals surface area contributed by atoms with E-state index >= 15 is 0 Å². The summed E-state index contributed by atoms with van der Waals surface area (Å²) in [6.07, 6.45) is 46.6. The van der Waals surface area contributed by atoms with E-state index in [0.717, 1.165) is 57.8 Å². The van der Waals surface area contributed by atoms with Gasteiger partial charge in [0.25, 0.3) is 0 Å². The van der Waals surface area contributed by atoms with E-state index in [-0.39, 0.29) is 31.1 Å². The lowest BCUT2D eigenvalue weighted by Gasteiger charge is -2.18. The Morgan fingerprint density at radius 3 is 0.727 bits per heavy atom. The van der Waals surface area contributed by atoms with Gasteiger partial charge in [0.2, 0.25) is 0 Å². The number of rotatable bonds is 45. The molecule has 0 N–H and O–H groups in total. The molecule has 0 unspecified atom stereocenters. The van der Waals surface area contributed by atoms with Crippen molar-refractivity contribution in [3.8, 4) is 0 Å². The number of esters is 3. The molecule has 0 heterocycles. The van der Waals surface area contributed by atoms with Crippen LogP contribution in [0.2, 0.25) is 0 Å².